The van der Waals surface area contributed by atoms with Crippen LogP contribution in [-0.4, -0.2) is 11.2 Å². The monoisotopic (exact) mass is 185 g/mol. The molecule has 0 aromatic heterocycles. The van der Waals surface area contributed by atoms with E-state index in [9.17, 15) is 10.1 Å². The fraction of sp³-hybridized carbons (Fsp3) is 0.250. The van der Waals surface area contributed by atoms with Gasteiger partial charge >= 0.3 is 0 Å². The van der Waals surface area contributed by atoms with Gasteiger partial charge in [0, 0.05) is 11.5 Å². The van der Waals surface area contributed by atoms with Crippen molar-refractivity contribution in [1.82, 2.24) is 0 Å². The van der Waals surface area contributed by atoms with Gasteiger partial charge in [-0.3, -0.25) is 10.1 Å². The van der Waals surface area contributed by atoms with Crippen LogP contribution in [0.2, 0.25) is 0 Å². The van der Waals surface area contributed by atoms with Gasteiger partial charge in [0.05, 0.1) is 4.92 Å². The largest absolute Gasteiger partial charge is 0.275 e. The molecule has 0 fully saturated rings. The molecule has 0 rings (SSSR count). The molecule has 0 aliphatic carbocycles. The smallest absolute Gasteiger partial charge is 0.258 e. The lowest BCUT2D eigenvalue weighted by atomic mass is 10.4. The van der Waals surface area contributed by atoms with E-state index in [1.54, 1.807) is 18.4 Å². The number of hydrogen-bond donors (Lipinski definition) is 0. The third-order valence-corrected chi connectivity index (χ3v) is 1.50. The summed E-state index contributed by atoms with van der Waals surface area (Å²) in [5, 5.41) is 11.8. The molecule has 0 saturated carbocycles. The van der Waals surface area contributed by atoms with E-state index in [0.29, 0.717) is 0 Å². The van der Waals surface area contributed by atoms with Crippen molar-refractivity contribution >= 4 is 11.8 Å². The summed E-state index contributed by atoms with van der Waals surface area (Å²) in [4.78, 5) is 9.93. The molecule has 0 saturated heterocycles. The summed E-state index contributed by atoms with van der Waals surface area (Å²) in [6.07, 6.45) is 8.46. The minimum absolute atomic E-state index is 0.112. The molecule has 0 heterocycles. The Kier molecular flexibility index (Phi) is 6.09. The van der Waals surface area contributed by atoms with Crippen molar-refractivity contribution in [3.8, 4) is 0 Å². The Morgan fingerprint density at radius 1 is 1.50 bits per heavy atom. The zero-order valence-corrected chi connectivity index (χ0v) is 7.88. The molecule has 3 nitrogen and oxygen atoms in total. The van der Waals surface area contributed by atoms with Gasteiger partial charge in [0.25, 0.3) is 5.70 Å². The van der Waals surface area contributed by atoms with E-state index in [1.165, 1.54) is 23.2 Å². The molecule has 0 unspecified atom stereocenters. The van der Waals surface area contributed by atoms with Crippen molar-refractivity contribution in [2.24, 2.45) is 0 Å². The first-order valence-electron chi connectivity index (χ1n) is 3.39. The molecule has 0 aromatic rings. The van der Waals surface area contributed by atoms with Crippen LogP contribution >= 0.6 is 11.8 Å². The Hall–Kier alpha value is -1.03. The van der Waals surface area contributed by atoms with E-state index in [0.717, 1.165) is 0 Å². The summed E-state index contributed by atoms with van der Waals surface area (Å²) in [6, 6.07) is 0. The summed E-state index contributed by atoms with van der Waals surface area (Å²) in [7, 11) is 0. The Balaban J connectivity index is 4.34. The van der Waals surface area contributed by atoms with Gasteiger partial charge in [0.15, 0.2) is 0 Å². The van der Waals surface area contributed by atoms with E-state index < -0.39 is 4.92 Å². The molecule has 0 aliphatic heterocycles. The van der Waals surface area contributed by atoms with Crippen LogP contribution in [-0.2, 0) is 0 Å². The molecule has 4 heteroatoms. The number of nitrogens with zero attached hydrogens (tertiary/aromatic N) is 1. The molecule has 12 heavy (non-hydrogen) atoms. The van der Waals surface area contributed by atoms with E-state index >= 15 is 0 Å². The molecular formula is C8H11NO2S. The minimum Gasteiger partial charge on any atom is -0.258 e. The minimum atomic E-state index is -0.406. The molecule has 0 atom stereocenters. The quantitative estimate of drug-likeness (QED) is 0.384. The fourth-order valence-corrected chi connectivity index (χ4v) is 0.935. The lowest BCUT2D eigenvalue weighted by Crippen LogP contribution is -1.93. The van der Waals surface area contributed by atoms with Crippen molar-refractivity contribution in [2.45, 2.75) is 6.92 Å². The summed E-state index contributed by atoms with van der Waals surface area (Å²) in [5.41, 5.74) is 0.112. The lowest BCUT2D eigenvalue weighted by Gasteiger charge is -1.87. The van der Waals surface area contributed by atoms with Gasteiger partial charge in [-0.05, 0) is 13.2 Å². The van der Waals surface area contributed by atoms with Crippen LogP contribution in [0.5, 0.6) is 0 Å². The number of nitro groups is 1. The van der Waals surface area contributed by atoms with E-state index in [1.807, 2.05) is 13.0 Å². The van der Waals surface area contributed by atoms with Crippen molar-refractivity contribution in [1.29, 1.82) is 0 Å². The maximum Gasteiger partial charge on any atom is 0.275 e. The molecule has 0 bridgehead atoms. The average molecular weight is 185 g/mol. The predicted molar refractivity (Wildman–Crippen MR) is 52.5 cm³/mol. The summed E-state index contributed by atoms with van der Waals surface area (Å²) < 4.78 is 0. The summed E-state index contributed by atoms with van der Waals surface area (Å²) in [5.74, 6) is 0. The Labute approximate surface area is 76.0 Å². The average Bonchev–Trinajstić information content (AvgIpc) is 2.03. The zero-order chi connectivity index (χ0) is 9.40. The Morgan fingerprint density at radius 2 is 2.17 bits per heavy atom. The third-order valence-electron chi connectivity index (χ3n) is 1.02. The Morgan fingerprint density at radius 3 is 2.58 bits per heavy atom. The van der Waals surface area contributed by atoms with Crippen molar-refractivity contribution < 1.29 is 4.92 Å². The Bertz CT molecular complexity index is 231. The second-order valence-corrected chi connectivity index (χ2v) is 2.63. The fourth-order valence-electron chi connectivity index (χ4n) is 0.529. The van der Waals surface area contributed by atoms with E-state index in [2.05, 4.69) is 0 Å². The maximum atomic E-state index is 10.3. The summed E-state index contributed by atoms with van der Waals surface area (Å²) in [6.45, 7) is 1.86. The number of rotatable bonds is 4. The highest BCUT2D eigenvalue weighted by molar-refractivity contribution is 8.01. The van der Waals surface area contributed by atoms with Crippen molar-refractivity contribution in [2.75, 3.05) is 6.26 Å². The molecule has 0 aliphatic rings. The van der Waals surface area contributed by atoms with Crippen LogP contribution < -0.4 is 0 Å². The molecular weight excluding hydrogens is 174 g/mol. The van der Waals surface area contributed by atoms with Crippen LogP contribution in [0.4, 0.5) is 0 Å². The number of thioether (sulfide) groups is 1. The van der Waals surface area contributed by atoms with Crippen LogP contribution in [0.15, 0.2) is 35.4 Å². The van der Waals surface area contributed by atoms with Gasteiger partial charge in [0.2, 0.25) is 0 Å². The second kappa shape index (κ2) is 6.67. The van der Waals surface area contributed by atoms with Crippen molar-refractivity contribution in [3.63, 3.8) is 0 Å². The van der Waals surface area contributed by atoms with Gasteiger partial charge in [-0.2, -0.15) is 0 Å². The highest BCUT2D eigenvalue weighted by Crippen LogP contribution is 2.05. The van der Waals surface area contributed by atoms with E-state index in [-0.39, 0.29) is 5.70 Å². The molecule has 0 radical (unpaired) electrons. The first kappa shape index (κ1) is 11.0. The SMILES string of the molecule is C\C=C/C=C\C(=C\SC)[N+](=O)[O-]. The standard InChI is InChI=1S/C8H11NO2S/c1-3-4-5-6-8(7-12-2)9(10)11/h3-7H,1-2H3/b4-3-,6-5-,8-7-. The van der Waals surface area contributed by atoms with Gasteiger partial charge < -0.3 is 0 Å². The van der Waals surface area contributed by atoms with Crippen LogP contribution in [0, 0.1) is 10.1 Å². The van der Waals surface area contributed by atoms with Crippen LogP contribution in [0.1, 0.15) is 6.92 Å². The zero-order valence-electron chi connectivity index (χ0n) is 7.06. The first-order valence-corrected chi connectivity index (χ1v) is 4.68. The van der Waals surface area contributed by atoms with E-state index in [4.69, 9.17) is 0 Å². The van der Waals surface area contributed by atoms with Crippen LogP contribution in [0.3, 0.4) is 0 Å². The van der Waals surface area contributed by atoms with Gasteiger partial charge in [-0.25, -0.2) is 0 Å². The molecule has 0 aromatic carbocycles. The number of allylic oxidation sites excluding steroid dienone is 4. The van der Waals surface area contributed by atoms with Gasteiger partial charge in [-0.1, -0.05) is 18.2 Å². The normalized spacial score (nSPS) is 13.0. The second-order valence-electron chi connectivity index (χ2n) is 1.92. The van der Waals surface area contributed by atoms with Crippen LogP contribution in [0.25, 0.3) is 0 Å². The lowest BCUT2D eigenvalue weighted by molar-refractivity contribution is -0.418. The molecule has 0 amide bonds. The first-order chi connectivity index (χ1) is 5.72. The molecule has 0 N–H and O–H groups in total. The maximum absolute atomic E-state index is 10.3. The molecule has 66 valence electrons. The van der Waals surface area contributed by atoms with Gasteiger partial charge in [0.1, 0.15) is 0 Å². The van der Waals surface area contributed by atoms with Crippen molar-refractivity contribution in [3.05, 3.63) is 45.5 Å². The third kappa shape index (κ3) is 4.73. The highest BCUT2D eigenvalue weighted by Gasteiger charge is 2.02. The predicted octanol–water partition coefficient (Wildman–Crippen LogP) is 2.60. The topological polar surface area (TPSA) is 43.1 Å². The number of hydrogen-bond acceptors (Lipinski definition) is 3. The highest BCUT2D eigenvalue weighted by atomic mass is 32.2. The van der Waals surface area contributed by atoms with Gasteiger partial charge in [-0.15, -0.1) is 11.8 Å². The molecule has 0 spiro atoms. The summed E-state index contributed by atoms with van der Waals surface area (Å²) >= 11 is 1.32.